The molecule has 1 aliphatic heterocycles. The number of nitrogens with zero attached hydrogens (tertiary/aromatic N) is 4. The number of aliphatic hydroxyl groups excluding tert-OH is 1. The van der Waals surface area contributed by atoms with Gasteiger partial charge in [0.2, 0.25) is 0 Å². The molecule has 0 unspecified atom stereocenters. The van der Waals surface area contributed by atoms with E-state index >= 15 is 0 Å². The summed E-state index contributed by atoms with van der Waals surface area (Å²) in [5.41, 5.74) is 5.85. The third-order valence-corrected chi connectivity index (χ3v) is 3.79. The normalized spacial score (nSPS) is 16.6. The van der Waals surface area contributed by atoms with Gasteiger partial charge < -0.3 is 15.7 Å². The predicted molar refractivity (Wildman–Crippen MR) is 78.3 cm³/mol. The molecule has 2 rings (SSSR count). The Morgan fingerprint density at radius 3 is 2.60 bits per heavy atom. The lowest BCUT2D eigenvalue weighted by atomic mass is 10.3. The smallest absolute Gasteiger partial charge is 0.287 e. The molecule has 2 heterocycles. The fourth-order valence-corrected chi connectivity index (χ4v) is 2.59. The number of rotatable bonds is 5. The highest BCUT2D eigenvalue weighted by atomic mass is 35.5. The van der Waals surface area contributed by atoms with Gasteiger partial charge in [-0.1, -0.05) is 11.6 Å². The first-order chi connectivity index (χ1) is 9.67. The second-order valence-corrected chi connectivity index (χ2v) is 5.09. The zero-order valence-corrected chi connectivity index (χ0v) is 12.1. The molecule has 0 radical (unpaired) electrons. The molecule has 8 heteroatoms. The van der Waals surface area contributed by atoms with Crippen LogP contribution in [0, 0.1) is 0 Å². The Morgan fingerprint density at radius 1 is 1.30 bits per heavy atom. The maximum atomic E-state index is 12.0. The van der Waals surface area contributed by atoms with Crippen LogP contribution < -0.4 is 16.2 Å². The minimum atomic E-state index is -0.359. The predicted octanol–water partition coefficient (Wildman–Crippen LogP) is -1.03. The van der Waals surface area contributed by atoms with Crippen LogP contribution in [0.2, 0.25) is 5.02 Å². The van der Waals surface area contributed by atoms with Crippen LogP contribution in [-0.2, 0) is 6.54 Å². The summed E-state index contributed by atoms with van der Waals surface area (Å²) in [5, 5.41) is 13.1. The number of aromatic nitrogens is 2. The molecule has 0 aromatic carbocycles. The van der Waals surface area contributed by atoms with E-state index in [9.17, 15) is 4.79 Å². The standard InChI is InChI=1S/C12H20ClN5O2/c13-11-10(9-15-18(7-8-19)12(11)20)17-5-3-16(2-1-14)4-6-17/h9,19H,1-8,14H2. The van der Waals surface area contributed by atoms with Crippen molar-refractivity contribution in [3.8, 4) is 0 Å². The summed E-state index contributed by atoms with van der Waals surface area (Å²) in [6.45, 7) is 4.94. The first-order valence-electron chi connectivity index (χ1n) is 6.71. The molecule has 1 saturated heterocycles. The molecule has 112 valence electrons. The van der Waals surface area contributed by atoms with Gasteiger partial charge in [0.15, 0.2) is 0 Å². The van der Waals surface area contributed by atoms with E-state index in [1.54, 1.807) is 6.20 Å². The van der Waals surface area contributed by atoms with Gasteiger partial charge in [0.05, 0.1) is 25.0 Å². The molecule has 7 nitrogen and oxygen atoms in total. The number of nitrogens with two attached hydrogens (primary N) is 1. The second-order valence-electron chi connectivity index (χ2n) is 4.71. The summed E-state index contributed by atoms with van der Waals surface area (Å²) in [7, 11) is 0. The highest BCUT2D eigenvalue weighted by molar-refractivity contribution is 6.33. The zero-order valence-electron chi connectivity index (χ0n) is 11.3. The highest BCUT2D eigenvalue weighted by Crippen LogP contribution is 2.22. The van der Waals surface area contributed by atoms with Gasteiger partial charge in [-0.2, -0.15) is 5.10 Å². The number of anilines is 1. The van der Waals surface area contributed by atoms with Crippen LogP contribution >= 0.6 is 11.6 Å². The van der Waals surface area contributed by atoms with Gasteiger partial charge in [-0.25, -0.2) is 4.68 Å². The molecule has 0 spiro atoms. The largest absolute Gasteiger partial charge is 0.394 e. The van der Waals surface area contributed by atoms with Crippen molar-refractivity contribution in [2.24, 2.45) is 5.73 Å². The van der Waals surface area contributed by atoms with Crippen molar-refractivity contribution in [2.45, 2.75) is 6.54 Å². The lowest BCUT2D eigenvalue weighted by molar-refractivity contribution is 0.263. The average Bonchev–Trinajstić information content (AvgIpc) is 2.46. The molecule has 1 aromatic rings. The SMILES string of the molecule is NCCN1CCN(c2cnn(CCO)c(=O)c2Cl)CC1. The fraction of sp³-hybridized carbons (Fsp3) is 0.667. The first-order valence-corrected chi connectivity index (χ1v) is 7.09. The summed E-state index contributed by atoms with van der Waals surface area (Å²) in [5.74, 6) is 0. The summed E-state index contributed by atoms with van der Waals surface area (Å²) < 4.78 is 1.18. The van der Waals surface area contributed by atoms with Gasteiger partial charge in [0.25, 0.3) is 5.56 Å². The quantitative estimate of drug-likeness (QED) is 0.723. The highest BCUT2D eigenvalue weighted by Gasteiger charge is 2.20. The van der Waals surface area contributed by atoms with E-state index in [1.807, 2.05) is 0 Å². The maximum absolute atomic E-state index is 12.0. The Labute approximate surface area is 122 Å². The van der Waals surface area contributed by atoms with Crippen molar-refractivity contribution >= 4 is 17.3 Å². The van der Waals surface area contributed by atoms with Crippen LogP contribution in [0.4, 0.5) is 5.69 Å². The summed E-state index contributed by atoms with van der Waals surface area (Å²) in [6.07, 6.45) is 1.60. The number of aliphatic hydroxyl groups is 1. The molecule has 1 fully saturated rings. The molecule has 0 aliphatic carbocycles. The Bertz CT molecular complexity index is 499. The molecule has 1 aliphatic rings. The lowest BCUT2D eigenvalue weighted by Crippen LogP contribution is -2.48. The van der Waals surface area contributed by atoms with Gasteiger partial charge >= 0.3 is 0 Å². The van der Waals surface area contributed by atoms with Crippen LogP contribution in [0.5, 0.6) is 0 Å². The molecule has 0 atom stereocenters. The van der Waals surface area contributed by atoms with E-state index < -0.39 is 0 Å². The zero-order chi connectivity index (χ0) is 14.5. The van der Waals surface area contributed by atoms with E-state index in [1.165, 1.54) is 4.68 Å². The van der Waals surface area contributed by atoms with Crippen LogP contribution in [0.3, 0.4) is 0 Å². The van der Waals surface area contributed by atoms with Crippen molar-refractivity contribution in [1.29, 1.82) is 0 Å². The van der Waals surface area contributed by atoms with Crippen LogP contribution in [0.15, 0.2) is 11.0 Å². The van der Waals surface area contributed by atoms with E-state index in [0.29, 0.717) is 12.2 Å². The molecule has 20 heavy (non-hydrogen) atoms. The van der Waals surface area contributed by atoms with Crippen LogP contribution in [0.1, 0.15) is 0 Å². The topological polar surface area (TPSA) is 87.6 Å². The molecular formula is C12H20ClN5O2. The van der Waals surface area contributed by atoms with Gasteiger partial charge in [0, 0.05) is 39.3 Å². The Balaban J connectivity index is 2.11. The van der Waals surface area contributed by atoms with Crippen LogP contribution in [-0.4, -0.2) is 65.7 Å². The van der Waals surface area contributed by atoms with Gasteiger partial charge in [-0.05, 0) is 0 Å². The Morgan fingerprint density at radius 2 is 2.00 bits per heavy atom. The monoisotopic (exact) mass is 301 g/mol. The number of hydrogen-bond donors (Lipinski definition) is 2. The summed E-state index contributed by atoms with van der Waals surface area (Å²) in [4.78, 5) is 16.3. The minimum Gasteiger partial charge on any atom is -0.394 e. The van der Waals surface area contributed by atoms with Gasteiger partial charge in [-0.3, -0.25) is 9.69 Å². The average molecular weight is 302 g/mol. The van der Waals surface area contributed by atoms with E-state index in [0.717, 1.165) is 32.7 Å². The van der Waals surface area contributed by atoms with Crippen molar-refractivity contribution in [2.75, 3.05) is 50.8 Å². The van der Waals surface area contributed by atoms with Crippen molar-refractivity contribution in [3.63, 3.8) is 0 Å². The second kappa shape index (κ2) is 7.03. The maximum Gasteiger partial charge on any atom is 0.287 e. The molecular weight excluding hydrogens is 282 g/mol. The van der Waals surface area contributed by atoms with E-state index in [4.69, 9.17) is 22.4 Å². The van der Waals surface area contributed by atoms with E-state index in [2.05, 4.69) is 14.9 Å². The minimum absolute atomic E-state index is 0.139. The number of hydrogen-bond acceptors (Lipinski definition) is 6. The summed E-state index contributed by atoms with van der Waals surface area (Å²) >= 11 is 6.13. The molecule has 0 saturated carbocycles. The third kappa shape index (κ3) is 3.29. The molecule has 0 bridgehead atoms. The summed E-state index contributed by atoms with van der Waals surface area (Å²) in [6, 6.07) is 0. The Hall–Kier alpha value is -1.15. The molecule has 1 aromatic heterocycles. The fourth-order valence-electron chi connectivity index (χ4n) is 2.33. The lowest BCUT2D eigenvalue weighted by Gasteiger charge is -2.35. The Kier molecular flexibility index (Phi) is 5.36. The van der Waals surface area contributed by atoms with Crippen LogP contribution in [0.25, 0.3) is 0 Å². The van der Waals surface area contributed by atoms with Crippen molar-refractivity contribution in [3.05, 3.63) is 21.6 Å². The van der Waals surface area contributed by atoms with Crippen molar-refractivity contribution < 1.29 is 5.11 Å². The van der Waals surface area contributed by atoms with Gasteiger partial charge in [-0.15, -0.1) is 0 Å². The number of halogens is 1. The van der Waals surface area contributed by atoms with Crippen molar-refractivity contribution in [1.82, 2.24) is 14.7 Å². The van der Waals surface area contributed by atoms with E-state index in [-0.39, 0.29) is 23.7 Å². The number of piperazine rings is 1. The molecule has 0 amide bonds. The molecule has 3 N–H and O–H groups in total. The first kappa shape index (κ1) is 15.2. The third-order valence-electron chi connectivity index (χ3n) is 3.44. The van der Waals surface area contributed by atoms with Gasteiger partial charge in [0.1, 0.15) is 5.02 Å².